The fourth-order valence-electron chi connectivity index (χ4n) is 1.93. The van der Waals surface area contributed by atoms with Crippen LogP contribution >= 0.6 is 0 Å². The number of rotatable bonds is 7. The molecule has 0 saturated heterocycles. The van der Waals surface area contributed by atoms with E-state index in [0.29, 0.717) is 5.69 Å². The van der Waals surface area contributed by atoms with E-state index in [4.69, 9.17) is 11.1 Å². The van der Waals surface area contributed by atoms with Gasteiger partial charge in [-0.3, -0.25) is 5.41 Å². The van der Waals surface area contributed by atoms with E-state index in [1.165, 1.54) is 6.07 Å². The minimum Gasteiger partial charge on any atom is -0.387 e. The molecular formula is C15H24FN3. The van der Waals surface area contributed by atoms with Crippen LogP contribution in [-0.4, -0.2) is 19.4 Å². The molecular weight excluding hydrogens is 241 g/mol. The minimum absolute atomic E-state index is 0.186. The highest BCUT2D eigenvalue weighted by Crippen LogP contribution is 2.23. The van der Waals surface area contributed by atoms with Crippen molar-refractivity contribution in [1.29, 1.82) is 5.41 Å². The first-order chi connectivity index (χ1) is 8.84. The van der Waals surface area contributed by atoms with E-state index in [9.17, 15) is 4.39 Å². The van der Waals surface area contributed by atoms with Gasteiger partial charge < -0.3 is 10.6 Å². The number of nitrogens with zero attached hydrogens (tertiary/aromatic N) is 1. The predicted molar refractivity (Wildman–Crippen MR) is 79.2 cm³/mol. The van der Waals surface area contributed by atoms with Crippen molar-refractivity contribution in [2.75, 3.05) is 18.5 Å². The molecule has 0 heterocycles. The first-order valence-electron chi connectivity index (χ1n) is 6.65. The van der Waals surface area contributed by atoms with Crippen LogP contribution in [0.15, 0.2) is 24.3 Å². The summed E-state index contributed by atoms with van der Waals surface area (Å²) in [5, 5.41) is 7.50. The molecule has 4 heteroatoms. The third-order valence-electron chi connectivity index (χ3n) is 3.54. The van der Waals surface area contributed by atoms with Crippen LogP contribution in [-0.2, 0) is 0 Å². The van der Waals surface area contributed by atoms with E-state index in [0.717, 1.165) is 25.8 Å². The van der Waals surface area contributed by atoms with Gasteiger partial charge in [0.05, 0.1) is 11.5 Å². The van der Waals surface area contributed by atoms with Gasteiger partial charge in [0.2, 0.25) is 0 Å². The van der Waals surface area contributed by atoms with Gasteiger partial charge in [-0.25, -0.2) is 4.39 Å². The molecule has 1 aromatic rings. The van der Waals surface area contributed by atoms with Crippen molar-refractivity contribution in [3.63, 3.8) is 0 Å². The third-order valence-corrected chi connectivity index (χ3v) is 3.54. The molecule has 0 aliphatic heterocycles. The maximum Gasteiger partial charge on any atom is 0.146 e. The monoisotopic (exact) mass is 265 g/mol. The average Bonchev–Trinajstić information content (AvgIpc) is 2.34. The van der Waals surface area contributed by atoms with Crippen LogP contribution in [0.3, 0.4) is 0 Å². The summed E-state index contributed by atoms with van der Waals surface area (Å²) in [7, 11) is 1.90. The van der Waals surface area contributed by atoms with Gasteiger partial charge in [0.15, 0.2) is 0 Å². The van der Waals surface area contributed by atoms with Gasteiger partial charge in [0.1, 0.15) is 5.82 Å². The number of nitrogens with two attached hydrogens (primary N) is 1. The SMILES string of the molecule is CN(CCCCC(C)(C)C(=N)N)c1ccccc1F. The first kappa shape index (κ1) is 15.5. The Bertz CT molecular complexity index is 429. The Morgan fingerprint density at radius 1 is 1.32 bits per heavy atom. The number of unbranched alkanes of at least 4 members (excludes halogenated alkanes) is 1. The summed E-state index contributed by atoms with van der Waals surface area (Å²) in [6.45, 7) is 4.76. The fraction of sp³-hybridized carbons (Fsp3) is 0.533. The minimum atomic E-state index is -0.240. The molecule has 0 amide bonds. The Morgan fingerprint density at radius 3 is 2.53 bits per heavy atom. The summed E-state index contributed by atoms with van der Waals surface area (Å²) in [5.74, 6) is 0.0454. The van der Waals surface area contributed by atoms with E-state index < -0.39 is 0 Å². The van der Waals surface area contributed by atoms with Crippen molar-refractivity contribution in [2.45, 2.75) is 33.1 Å². The number of hydrogen-bond donors (Lipinski definition) is 2. The van der Waals surface area contributed by atoms with Gasteiger partial charge in [0.25, 0.3) is 0 Å². The number of anilines is 1. The molecule has 3 nitrogen and oxygen atoms in total. The topological polar surface area (TPSA) is 53.1 Å². The van der Waals surface area contributed by atoms with E-state index in [-0.39, 0.29) is 17.1 Å². The Balaban J connectivity index is 2.38. The Morgan fingerprint density at radius 2 is 1.95 bits per heavy atom. The van der Waals surface area contributed by atoms with Crippen LogP contribution in [0.25, 0.3) is 0 Å². The second kappa shape index (κ2) is 6.55. The largest absolute Gasteiger partial charge is 0.387 e. The van der Waals surface area contributed by atoms with Crippen LogP contribution in [0, 0.1) is 16.6 Å². The summed E-state index contributed by atoms with van der Waals surface area (Å²) >= 11 is 0. The lowest BCUT2D eigenvalue weighted by Crippen LogP contribution is -2.31. The Labute approximate surface area is 115 Å². The van der Waals surface area contributed by atoms with Crippen molar-refractivity contribution in [3.8, 4) is 0 Å². The van der Waals surface area contributed by atoms with E-state index in [1.807, 2.05) is 31.9 Å². The standard InChI is InChI=1S/C15H24FN3/c1-15(2,14(17)18)10-6-7-11-19(3)13-9-5-4-8-12(13)16/h4-5,8-9H,6-7,10-11H2,1-3H3,(H3,17,18). The summed E-state index contributed by atoms with van der Waals surface area (Å²) in [6, 6.07) is 6.80. The highest BCUT2D eigenvalue weighted by molar-refractivity contribution is 5.82. The van der Waals surface area contributed by atoms with Crippen LogP contribution in [0.4, 0.5) is 10.1 Å². The summed E-state index contributed by atoms with van der Waals surface area (Å²) in [5.41, 5.74) is 5.94. The highest BCUT2D eigenvalue weighted by atomic mass is 19.1. The van der Waals surface area contributed by atoms with Crippen LogP contribution in [0.5, 0.6) is 0 Å². The zero-order valence-corrected chi connectivity index (χ0v) is 12.0. The lowest BCUT2D eigenvalue weighted by molar-refractivity contribution is 0.442. The molecule has 0 radical (unpaired) electrons. The van der Waals surface area contributed by atoms with Gasteiger partial charge in [-0.2, -0.15) is 0 Å². The molecule has 0 aliphatic carbocycles. The van der Waals surface area contributed by atoms with E-state index >= 15 is 0 Å². The molecule has 3 N–H and O–H groups in total. The number of halogens is 1. The van der Waals surface area contributed by atoms with Crippen molar-refractivity contribution in [2.24, 2.45) is 11.1 Å². The van der Waals surface area contributed by atoms with Gasteiger partial charge in [-0.05, 0) is 25.0 Å². The molecule has 0 atom stereocenters. The van der Waals surface area contributed by atoms with E-state index in [1.54, 1.807) is 12.1 Å². The lowest BCUT2D eigenvalue weighted by atomic mass is 9.86. The predicted octanol–water partition coefficient (Wildman–Crippen LogP) is 3.39. The van der Waals surface area contributed by atoms with Crippen molar-refractivity contribution in [1.82, 2.24) is 0 Å². The zero-order chi connectivity index (χ0) is 14.5. The summed E-state index contributed by atoms with van der Waals surface area (Å²) in [4.78, 5) is 1.93. The quantitative estimate of drug-likeness (QED) is 0.451. The normalized spacial score (nSPS) is 11.4. The second-order valence-electron chi connectivity index (χ2n) is 5.63. The van der Waals surface area contributed by atoms with Gasteiger partial charge in [0, 0.05) is 19.0 Å². The highest BCUT2D eigenvalue weighted by Gasteiger charge is 2.20. The molecule has 0 aromatic heterocycles. The molecule has 106 valence electrons. The molecule has 1 aromatic carbocycles. The molecule has 0 fully saturated rings. The second-order valence-corrected chi connectivity index (χ2v) is 5.63. The number of benzene rings is 1. The molecule has 0 unspecified atom stereocenters. The molecule has 1 rings (SSSR count). The smallest absolute Gasteiger partial charge is 0.146 e. The average molecular weight is 265 g/mol. The molecule has 0 aliphatic rings. The van der Waals surface area contributed by atoms with Gasteiger partial charge in [-0.15, -0.1) is 0 Å². The molecule has 0 bridgehead atoms. The third kappa shape index (κ3) is 4.54. The molecule has 0 spiro atoms. The number of hydrogen-bond acceptors (Lipinski definition) is 2. The number of para-hydroxylation sites is 1. The van der Waals surface area contributed by atoms with Crippen molar-refractivity contribution in [3.05, 3.63) is 30.1 Å². The molecule has 0 saturated carbocycles. The molecule has 19 heavy (non-hydrogen) atoms. The lowest BCUT2D eigenvalue weighted by Gasteiger charge is -2.24. The van der Waals surface area contributed by atoms with Gasteiger partial charge >= 0.3 is 0 Å². The number of nitrogens with one attached hydrogen (secondary N) is 1. The fourth-order valence-corrected chi connectivity index (χ4v) is 1.93. The Kier molecular flexibility index (Phi) is 5.33. The van der Waals surface area contributed by atoms with Crippen molar-refractivity contribution < 1.29 is 4.39 Å². The van der Waals surface area contributed by atoms with Gasteiger partial charge in [-0.1, -0.05) is 32.4 Å². The van der Waals surface area contributed by atoms with E-state index in [2.05, 4.69) is 0 Å². The van der Waals surface area contributed by atoms with Crippen LogP contribution < -0.4 is 10.6 Å². The number of amidine groups is 1. The van der Waals surface area contributed by atoms with Crippen LogP contribution in [0.1, 0.15) is 33.1 Å². The van der Waals surface area contributed by atoms with Crippen LogP contribution in [0.2, 0.25) is 0 Å². The van der Waals surface area contributed by atoms with Crippen molar-refractivity contribution >= 4 is 11.5 Å². The maximum atomic E-state index is 13.6. The first-order valence-corrected chi connectivity index (χ1v) is 6.65. The zero-order valence-electron chi connectivity index (χ0n) is 12.0. The Hall–Kier alpha value is -1.58. The summed E-state index contributed by atoms with van der Waals surface area (Å²) < 4.78 is 13.6. The maximum absolute atomic E-state index is 13.6. The summed E-state index contributed by atoms with van der Waals surface area (Å²) in [6.07, 6.45) is 2.82.